The Balaban J connectivity index is 1.31. The van der Waals surface area contributed by atoms with Crippen LogP contribution < -0.4 is 9.62 Å². The molecule has 1 aromatic heterocycles. The summed E-state index contributed by atoms with van der Waals surface area (Å²) in [5.41, 5.74) is 4.73. The second kappa shape index (κ2) is 10.6. The summed E-state index contributed by atoms with van der Waals surface area (Å²) in [4.78, 5) is 20.0. The van der Waals surface area contributed by atoms with Crippen molar-refractivity contribution in [2.24, 2.45) is 13.0 Å². The first kappa shape index (κ1) is 26.4. The smallest absolute Gasteiger partial charge is 0.241 e. The fraction of sp³-hybridized carbons (Fsp3) is 0.290. The Morgan fingerprint density at radius 1 is 1.10 bits per heavy atom. The molecule has 1 N–H and O–H groups in total. The minimum absolute atomic E-state index is 0.0193. The number of anilines is 1. The van der Waals surface area contributed by atoms with Crippen molar-refractivity contribution in [3.05, 3.63) is 114 Å². The van der Waals surface area contributed by atoms with E-state index in [0.717, 1.165) is 53.9 Å². The number of imidazole rings is 1. The largest absolute Gasteiger partial charge is 0.336 e. The SMILES string of the molecule is Cn1cncc1CN(C(=O)C1CC1c1ccccc1)c1ccc2c(c1)C(NS(=O)(=O)c1ccc(F)cc1)CCC2. The maximum absolute atomic E-state index is 14.0. The van der Waals surface area contributed by atoms with E-state index in [1.807, 2.05) is 52.9 Å². The van der Waals surface area contributed by atoms with Crippen LogP contribution in [0.5, 0.6) is 0 Å². The molecule has 7 nitrogen and oxygen atoms in total. The Hall–Kier alpha value is -3.82. The lowest BCUT2D eigenvalue weighted by Crippen LogP contribution is -2.34. The summed E-state index contributed by atoms with van der Waals surface area (Å²) in [7, 11) is -1.96. The Bertz CT molecular complexity index is 1640. The molecule has 3 aromatic carbocycles. The minimum atomic E-state index is -3.87. The molecule has 0 radical (unpaired) electrons. The number of rotatable bonds is 8. The number of carbonyl (C=O) groups excluding carboxylic acids is 1. The summed E-state index contributed by atoms with van der Waals surface area (Å²) in [6, 6.07) is 20.4. The number of hydrogen-bond acceptors (Lipinski definition) is 4. The van der Waals surface area contributed by atoms with Crippen molar-refractivity contribution in [1.29, 1.82) is 0 Å². The third-order valence-corrected chi connectivity index (χ3v) is 9.50. The van der Waals surface area contributed by atoms with E-state index in [-0.39, 0.29) is 22.6 Å². The van der Waals surface area contributed by atoms with Gasteiger partial charge in [-0.1, -0.05) is 36.4 Å². The van der Waals surface area contributed by atoms with Crippen LogP contribution in [0.3, 0.4) is 0 Å². The fourth-order valence-electron chi connectivity index (χ4n) is 5.68. The second-order valence-electron chi connectivity index (χ2n) is 10.7. The molecule has 1 saturated carbocycles. The first-order valence-corrected chi connectivity index (χ1v) is 15.0. The summed E-state index contributed by atoms with van der Waals surface area (Å²) in [5, 5.41) is 0. The molecule has 0 aliphatic heterocycles. The van der Waals surface area contributed by atoms with Crippen LogP contribution in [0, 0.1) is 11.7 Å². The predicted octanol–water partition coefficient (Wildman–Crippen LogP) is 5.25. The molecule has 6 rings (SSSR count). The average Bonchev–Trinajstić information content (AvgIpc) is 3.66. The Morgan fingerprint density at radius 2 is 1.88 bits per heavy atom. The van der Waals surface area contributed by atoms with Gasteiger partial charge in [0.05, 0.1) is 23.5 Å². The van der Waals surface area contributed by atoms with Gasteiger partial charge in [0.1, 0.15) is 5.82 Å². The molecule has 3 unspecified atom stereocenters. The zero-order chi connectivity index (χ0) is 27.9. The molecular weight excluding hydrogens is 527 g/mol. The third-order valence-electron chi connectivity index (χ3n) is 8.01. The normalized spacial score (nSPS) is 20.1. The summed E-state index contributed by atoms with van der Waals surface area (Å²) in [5.74, 6) is -0.362. The third kappa shape index (κ3) is 5.31. The number of halogens is 1. The maximum atomic E-state index is 14.0. The molecule has 0 bridgehead atoms. The van der Waals surface area contributed by atoms with Gasteiger partial charge in [0.25, 0.3) is 0 Å². The first-order chi connectivity index (χ1) is 19.3. The zero-order valence-corrected chi connectivity index (χ0v) is 23.0. The minimum Gasteiger partial charge on any atom is -0.336 e. The number of aryl methyl sites for hydroxylation is 2. The van der Waals surface area contributed by atoms with E-state index in [0.29, 0.717) is 13.0 Å². The van der Waals surface area contributed by atoms with Crippen LogP contribution in [0.2, 0.25) is 0 Å². The molecule has 2 aliphatic carbocycles. The van der Waals surface area contributed by atoms with Crippen LogP contribution in [-0.2, 0) is 34.8 Å². The Kier molecular flexibility index (Phi) is 7.02. The van der Waals surface area contributed by atoms with Gasteiger partial charge in [-0.2, -0.15) is 0 Å². The molecule has 40 heavy (non-hydrogen) atoms. The van der Waals surface area contributed by atoms with E-state index in [9.17, 15) is 17.6 Å². The van der Waals surface area contributed by atoms with Gasteiger partial charge in [0, 0.05) is 30.9 Å². The quantitative estimate of drug-likeness (QED) is 0.320. The van der Waals surface area contributed by atoms with E-state index in [1.165, 1.54) is 17.7 Å². The first-order valence-electron chi connectivity index (χ1n) is 13.5. The van der Waals surface area contributed by atoms with E-state index < -0.39 is 21.9 Å². The van der Waals surface area contributed by atoms with E-state index >= 15 is 0 Å². The van der Waals surface area contributed by atoms with E-state index in [2.05, 4.69) is 21.8 Å². The van der Waals surface area contributed by atoms with Crippen molar-refractivity contribution in [2.75, 3.05) is 4.90 Å². The summed E-state index contributed by atoms with van der Waals surface area (Å²) in [6.07, 6.45) is 6.58. The van der Waals surface area contributed by atoms with Gasteiger partial charge in [-0.05, 0) is 84.7 Å². The summed E-state index contributed by atoms with van der Waals surface area (Å²) < 4.78 is 44.5. The highest BCUT2D eigenvalue weighted by molar-refractivity contribution is 7.89. The van der Waals surface area contributed by atoms with Crippen molar-refractivity contribution in [2.45, 2.75) is 49.1 Å². The average molecular weight is 559 g/mol. The Morgan fingerprint density at radius 3 is 2.60 bits per heavy atom. The van der Waals surface area contributed by atoms with Gasteiger partial charge in [-0.15, -0.1) is 0 Å². The molecule has 1 fully saturated rings. The van der Waals surface area contributed by atoms with Gasteiger partial charge in [0.15, 0.2) is 0 Å². The predicted molar refractivity (Wildman–Crippen MR) is 151 cm³/mol. The maximum Gasteiger partial charge on any atom is 0.241 e. The standard InChI is InChI=1S/C31H31FN4O3S/c1-35-20-33-18-25(35)19-36(31(37)29-17-27(29)21-6-3-2-4-7-21)24-13-10-22-8-5-9-30(28(22)16-24)34-40(38,39)26-14-11-23(32)12-15-26/h2-4,6-7,10-16,18,20,27,29-30,34H,5,8-9,17,19H2,1H3. The van der Waals surface area contributed by atoms with Crippen LogP contribution in [0.25, 0.3) is 0 Å². The molecular formula is C31H31FN4O3S. The Labute approximate surface area is 233 Å². The number of hydrogen-bond donors (Lipinski definition) is 1. The van der Waals surface area contributed by atoms with Crippen LogP contribution in [0.1, 0.15) is 53.6 Å². The van der Waals surface area contributed by atoms with Crippen LogP contribution in [0.4, 0.5) is 10.1 Å². The van der Waals surface area contributed by atoms with Crippen molar-refractivity contribution >= 4 is 21.6 Å². The zero-order valence-electron chi connectivity index (χ0n) is 22.2. The number of amides is 1. The van der Waals surface area contributed by atoms with Crippen LogP contribution in [-0.4, -0.2) is 23.9 Å². The number of nitrogens with one attached hydrogen (secondary N) is 1. The van der Waals surface area contributed by atoms with Gasteiger partial charge in [-0.3, -0.25) is 4.79 Å². The van der Waals surface area contributed by atoms with Crippen molar-refractivity contribution < 1.29 is 17.6 Å². The second-order valence-corrected chi connectivity index (χ2v) is 12.4. The summed E-state index contributed by atoms with van der Waals surface area (Å²) >= 11 is 0. The van der Waals surface area contributed by atoms with Crippen LogP contribution in [0.15, 0.2) is 90.2 Å². The highest BCUT2D eigenvalue weighted by Gasteiger charge is 2.46. The van der Waals surface area contributed by atoms with Gasteiger partial charge >= 0.3 is 0 Å². The number of fused-ring (bicyclic) bond motifs is 1. The highest BCUT2D eigenvalue weighted by Crippen LogP contribution is 2.49. The van der Waals surface area contributed by atoms with Crippen molar-refractivity contribution in [3.8, 4) is 0 Å². The highest BCUT2D eigenvalue weighted by atomic mass is 32.2. The molecule has 3 atom stereocenters. The molecule has 4 aromatic rings. The number of aromatic nitrogens is 2. The number of benzene rings is 3. The molecule has 1 amide bonds. The number of carbonyl (C=O) groups is 1. The topological polar surface area (TPSA) is 84.3 Å². The molecule has 0 spiro atoms. The number of sulfonamides is 1. The lowest BCUT2D eigenvalue weighted by atomic mass is 9.87. The molecule has 9 heteroatoms. The lowest BCUT2D eigenvalue weighted by molar-refractivity contribution is -0.120. The van der Waals surface area contributed by atoms with Gasteiger partial charge < -0.3 is 9.47 Å². The molecule has 1 heterocycles. The van der Waals surface area contributed by atoms with E-state index in [4.69, 9.17) is 0 Å². The molecule has 0 saturated heterocycles. The van der Waals surface area contributed by atoms with Gasteiger partial charge in [0.2, 0.25) is 15.9 Å². The lowest BCUT2D eigenvalue weighted by Gasteiger charge is -2.29. The monoisotopic (exact) mass is 558 g/mol. The fourth-order valence-corrected chi connectivity index (χ4v) is 6.93. The van der Waals surface area contributed by atoms with Crippen LogP contribution >= 0.6 is 0 Å². The van der Waals surface area contributed by atoms with Crippen molar-refractivity contribution in [3.63, 3.8) is 0 Å². The summed E-state index contributed by atoms with van der Waals surface area (Å²) in [6.45, 7) is 0.359. The van der Waals surface area contributed by atoms with Gasteiger partial charge in [-0.25, -0.2) is 22.5 Å². The molecule has 206 valence electrons. The molecule has 2 aliphatic rings. The number of nitrogens with zero attached hydrogens (tertiary/aromatic N) is 3. The van der Waals surface area contributed by atoms with E-state index in [1.54, 1.807) is 12.5 Å². The van der Waals surface area contributed by atoms with Crippen molar-refractivity contribution in [1.82, 2.24) is 14.3 Å².